The van der Waals surface area contributed by atoms with Crippen LogP contribution in [-0.4, -0.2) is 24.3 Å². The number of allylic oxidation sites excluding steroid dienone is 1. The van der Waals surface area contributed by atoms with Gasteiger partial charge in [0.2, 0.25) is 0 Å². The molecule has 22 heavy (non-hydrogen) atoms. The van der Waals surface area contributed by atoms with Gasteiger partial charge in [0.15, 0.2) is 0 Å². The summed E-state index contributed by atoms with van der Waals surface area (Å²) in [6, 6.07) is 13.5. The minimum atomic E-state index is -0.345. The van der Waals surface area contributed by atoms with Crippen molar-refractivity contribution < 1.29 is 14.6 Å². The number of phenols is 1. The molecule has 2 N–H and O–H groups in total. The van der Waals surface area contributed by atoms with E-state index in [0.717, 1.165) is 11.3 Å². The van der Waals surface area contributed by atoms with Crippen LogP contribution in [0.25, 0.3) is 6.08 Å². The van der Waals surface area contributed by atoms with Crippen molar-refractivity contribution in [2.24, 2.45) is 5.10 Å². The van der Waals surface area contributed by atoms with E-state index in [4.69, 9.17) is 9.84 Å². The maximum atomic E-state index is 11.7. The second kappa shape index (κ2) is 7.64. The van der Waals surface area contributed by atoms with Crippen LogP contribution in [0.15, 0.2) is 59.7 Å². The minimum Gasteiger partial charge on any atom is -0.508 e. The van der Waals surface area contributed by atoms with Gasteiger partial charge in [0, 0.05) is 17.3 Å². The number of hydrogen-bond donors (Lipinski definition) is 2. The van der Waals surface area contributed by atoms with Crippen LogP contribution in [-0.2, 0) is 0 Å². The number of amides is 1. The van der Waals surface area contributed by atoms with E-state index in [1.807, 2.05) is 30.3 Å². The molecule has 0 aliphatic heterocycles. The Morgan fingerprint density at radius 2 is 1.91 bits per heavy atom. The van der Waals surface area contributed by atoms with Crippen LogP contribution in [0.1, 0.15) is 15.9 Å². The van der Waals surface area contributed by atoms with Crippen molar-refractivity contribution in [1.29, 1.82) is 0 Å². The average Bonchev–Trinajstić information content (AvgIpc) is 2.55. The summed E-state index contributed by atoms with van der Waals surface area (Å²) in [6.07, 6.45) is 5.01. The molecule has 5 nitrogen and oxygen atoms in total. The predicted octanol–water partition coefficient (Wildman–Crippen LogP) is 2.83. The van der Waals surface area contributed by atoms with Crippen molar-refractivity contribution in [3.05, 3.63) is 65.7 Å². The fourth-order valence-corrected chi connectivity index (χ4v) is 1.77. The Balaban J connectivity index is 1.91. The summed E-state index contributed by atoms with van der Waals surface area (Å²) < 4.78 is 5.22. The van der Waals surface area contributed by atoms with Gasteiger partial charge in [-0.15, -0.1) is 0 Å². The van der Waals surface area contributed by atoms with Crippen molar-refractivity contribution in [2.45, 2.75) is 0 Å². The number of hydrogen-bond acceptors (Lipinski definition) is 4. The summed E-state index contributed by atoms with van der Waals surface area (Å²) in [4.78, 5) is 11.7. The molecule has 0 aliphatic rings. The highest BCUT2D eigenvalue weighted by Gasteiger charge is 2.02. The normalized spacial score (nSPS) is 11.0. The number of methoxy groups -OCH3 is 1. The summed E-state index contributed by atoms with van der Waals surface area (Å²) >= 11 is 0. The average molecular weight is 296 g/mol. The van der Waals surface area contributed by atoms with Crippen LogP contribution in [0.4, 0.5) is 0 Å². The van der Waals surface area contributed by atoms with Crippen molar-refractivity contribution in [2.75, 3.05) is 7.11 Å². The third-order valence-electron chi connectivity index (χ3n) is 2.87. The van der Waals surface area contributed by atoms with Gasteiger partial charge in [0.1, 0.15) is 11.5 Å². The van der Waals surface area contributed by atoms with Gasteiger partial charge in [-0.2, -0.15) is 5.10 Å². The van der Waals surface area contributed by atoms with Crippen molar-refractivity contribution >= 4 is 18.2 Å². The van der Waals surface area contributed by atoms with Gasteiger partial charge in [-0.3, -0.25) is 4.79 Å². The van der Waals surface area contributed by atoms with Crippen LogP contribution in [0.5, 0.6) is 11.5 Å². The lowest BCUT2D eigenvalue weighted by Gasteiger charge is -2.02. The van der Waals surface area contributed by atoms with Gasteiger partial charge in [-0.25, -0.2) is 5.43 Å². The molecule has 0 aliphatic carbocycles. The highest BCUT2D eigenvalue weighted by atomic mass is 16.5. The molecule has 0 aromatic heterocycles. The van der Waals surface area contributed by atoms with E-state index in [9.17, 15) is 4.79 Å². The molecule has 0 fully saturated rings. The number of nitrogens with one attached hydrogen (secondary N) is 1. The SMILES string of the molecule is COc1ccccc1C=CC=NNC(=O)c1ccc(O)cc1. The smallest absolute Gasteiger partial charge is 0.271 e. The Bertz CT molecular complexity index is 691. The number of ether oxygens (including phenoxy) is 1. The molecule has 0 atom stereocenters. The topological polar surface area (TPSA) is 70.9 Å². The zero-order valence-electron chi connectivity index (χ0n) is 12.1. The lowest BCUT2D eigenvalue weighted by atomic mass is 10.2. The number of hydrazone groups is 1. The first-order valence-electron chi connectivity index (χ1n) is 6.63. The zero-order valence-corrected chi connectivity index (χ0v) is 12.1. The van der Waals surface area contributed by atoms with Gasteiger partial charge in [0.25, 0.3) is 5.91 Å². The number of aromatic hydroxyl groups is 1. The molecule has 0 saturated heterocycles. The molecular formula is C17H16N2O3. The Hall–Kier alpha value is -3.08. The Morgan fingerprint density at radius 3 is 2.64 bits per heavy atom. The molecule has 0 spiro atoms. The van der Waals surface area contributed by atoms with E-state index >= 15 is 0 Å². The Kier molecular flexibility index (Phi) is 5.31. The number of rotatable bonds is 5. The lowest BCUT2D eigenvalue weighted by molar-refractivity contribution is 0.0955. The number of benzene rings is 2. The summed E-state index contributed by atoms with van der Waals surface area (Å²) in [5.41, 5.74) is 3.74. The molecule has 1 amide bonds. The third-order valence-corrected chi connectivity index (χ3v) is 2.87. The second-order valence-corrected chi connectivity index (χ2v) is 4.37. The van der Waals surface area contributed by atoms with Gasteiger partial charge in [0.05, 0.1) is 7.11 Å². The van der Waals surface area contributed by atoms with Crippen LogP contribution >= 0.6 is 0 Å². The van der Waals surface area contributed by atoms with Gasteiger partial charge < -0.3 is 9.84 Å². The molecule has 5 heteroatoms. The summed E-state index contributed by atoms with van der Waals surface area (Å²) in [5, 5.41) is 13.0. The van der Waals surface area contributed by atoms with Crippen LogP contribution in [0.2, 0.25) is 0 Å². The number of carbonyl (C=O) groups excluding carboxylic acids is 1. The highest BCUT2D eigenvalue weighted by molar-refractivity contribution is 5.94. The van der Waals surface area contributed by atoms with E-state index in [1.54, 1.807) is 13.2 Å². The number of carbonyl (C=O) groups is 1. The van der Waals surface area contributed by atoms with Crippen LogP contribution in [0.3, 0.4) is 0 Å². The first-order valence-corrected chi connectivity index (χ1v) is 6.63. The molecule has 2 rings (SSSR count). The highest BCUT2D eigenvalue weighted by Crippen LogP contribution is 2.18. The minimum absolute atomic E-state index is 0.111. The Labute approximate surface area is 128 Å². The van der Waals surface area contributed by atoms with Gasteiger partial charge in [-0.1, -0.05) is 18.2 Å². The second-order valence-electron chi connectivity index (χ2n) is 4.37. The molecule has 2 aromatic rings. The largest absolute Gasteiger partial charge is 0.508 e. The van der Waals surface area contributed by atoms with E-state index in [1.165, 1.54) is 30.5 Å². The maximum absolute atomic E-state index is 11.7. The predicted molar refractivity (Wildman–Crippen MR) is 86.1 cm³/mol. The first kappa shape index (κ1) is 15.3. The van der Waals surface area contributed by atoms with E-state index in [2.05, 4.69) is 10.5 Å². The fourth-order valence-electron chi connectivity index (χ4n) is 1.77. The van der Waals surface area contributed by atoms with E-state index in [-0.39, 0.29) is 11.7 Å². The monoisotopic (exact) mass is 296 g/mol. The first-order chi connectivity index (χ1) is 10.7. The van der Waals surface area contributed by atoms with Gasteiger partial charge >= 0.3 is 0 Å². The molecule has 2 aromatic carbocycles. The lowest BCUT2D eigenvalue weighted by Crippen LogP contribution is -2.16. The molecule has 0 saturated carbocycles. The fraction of sp³-hybridized carbons (Fsp3) is 0.0588. The maximum Gasteiger partial charge on any atom is 0.271 e. The van der Waals surface area contributed by atoms with E-state index < -0.39 is 0 Å². The molecule has 112 valence electrons. The van der Waals surface area contributed by atoms with Crippen LogP contribution < -0.4 is 10.2 Å². The third kappa shape index (κ3) is 4.21. The molecule has 0 bridgehead atoms. The molecule has 0 heterocycles. The van der Waals surface area contributed by atoms with Gasteiger partial charge in [-0.05, 0) is 42.5 Å². The van der Waals surface area contributed by atoms with Crippen molar-refractivity contribution in [1.82, 2.24) is 5.43 Å². The number of nitrogens with zero attached hydrogens (tertiary/aromatic N) is 1. The van der Waals surface area contributed by atoms with Crippen molar-refractivity contribution in [3.8, 4) is 11.5 Å². The summed E-state index contributed by atoms with van der Waals surface area (Å²) in [5.74, 6) is 0.530. The summed E-state index contributed by atoms with van der Waals surface area (Å²) in [6.45, 7) is 0. The molecule has 0 radical (unpaired) electrons. The Morgan fingerprint density at radius 1 is 1.18 bits per heavy atom. The summed E-state index contributed by atoms with van der Waals surface area (Å²) in [7, 11) is 1.61. The van der Waals surface area contributed by atoms with Crippen LogP contribution in [0, 0.1) is 0 Å². The molecule has 0 unspecified atom stereocenters. The van der Waals surface area contributed by atoms with Crippen molar-refractivity contribution in [3.63, 3.8) is 0 Å². The number of para-hydroxylation sites is 1. The quantitative estimate of drug-likeness (QED) is 0.658. The molecular weight excluding hydrogens is 280 g/mol. The van der Waals surface area contributed by atoms with E-state index in [0.29, 0.717) is 5.56 Å². The standard InChI is InChI=1S/C17H16N2O3/c1-22-16-7-3-2-5-13(16)6-4-12-18-19-17(21)14-8-10-15(20)11-9-14/h2-12,20H,1H3,(H,19,21). The number of phenolic OH excluding ortho intramolecular Hbond substituents is 1. The zero-order chi connectivity index (χ0) is 15.8.